The van der Waals surface area contributed by atoms with E-state index in [-0.39, 0.29) is 5.82 Å². The van der Waals surface area contributed by atoms with Crippen LogP contribution in [-0.2, 0) is 0 Å². The van der Waals surface area contributed by atoms with Crippen molar-refractivity contribution in [2.45, 2.75) is 18.4 Å². The lowest BCUT2D eigenvalue weighted by atomic mass is 9.89. The van der Waals surface area contributed by atoms with Gasteiger partial charge in [-0.2, -0.15) is 0 Å². The summed E-state index contributed by atoms with van der Waals surface area (Å²) in [5, 5.41) is 3.40. The Morgan fingerprint density at radius 2 is 2.33 bits per heavy atom. The maximum absolute atomic E-state index is 13.2. The number of hydrogen-bond donors (Lipinski definition) is 1. The minimum atomic E-state index is -0.132. The van der Waals surface area contributed by atoms with Crippen LogP contribution in [-0.4, -0.2) is 26.2 Å². The van der Waals surface area contributed by atoms with E-state index >= 15 is 0 Å². The molecule has 15 heavy (non-hydrogen) atoms. The molecule has 0 aromatic heterocycles. The van der Waals surface area contributed by atoms with E-state index in [9.17, 15) is 4.39 Å². The molecule has 1 fully saturated rings. The standard InChI is InChI=1S/C12H15FN2/c1-15-11-6-8(13)2-3-9(11)10-4-5-14-7-12(10)15/h2-3,6,10,12,14H,4-5,7H2,1H3. The van der Waals surface area contributed by atoms with Crippen LogP contribution in [0.15, 0.2) is 18.2 Å². The largest absolute Gasteiger partial charge is 0.369 e. The van der Waals surface area contributed by atoms with Crippen LogP contribution >= 0.6 is 0 Å². The van der Waals surface area contributed by atoms with E-state index in [4.69, 9.17) is 0 Å². The Hall–Kier alpha value is -1.09. The second-order valence-electron chi connectivity index (χ2n) is 4.48. The van der Waals surface area contributed by atoms with Gasteiger partial charge in [-0.25, -0.2) is 4.39 Å². The Morgan fingerprint density at radius 1 is 1.47 bits per heavy atom. The molecular weight excluding hydrogens is 191 g/mol. The maximum Gasteiger partial charge on any atom is 0.125 e. The van der Waals surface area contributed by atoms with Crippen molar-refractivity contribution >= 4 is 5.69 Å². The lowest BCUT2D eigenvalue weighted by Crippen LogP contribution is -2.44. The van der Waals surface area contributed by atoms with Crippen LogP contribution in [0.2, 0.25) is 0 Å². The molecule has 1 aromatic carbocycles. The second kappa shape index (κ2) is 3.20. The normalized spacial score (nSPS) is 28.8. The van der Waals surface area contributed by atoms with E-state index in [2.05, 4.69) is 17.3 Å². The van der Waals surface area contributed by atoms with Crippen LogP contribution in [0.25, 0.3) is 0 Å². The molecular formula is C12H15FN2. The first-order valence-corrected chi connectivity index (χ1v) is 5.50. The first kappa shape index (κ1) is 9.16. The topological polar surface area (TPSA) is 15.3 Å². The summed E-state index contributed by atoms with van der Waals surface area (Å²) < 4.78 is 13.2. The van der Waals surface area contributed by atoms with Crippen molar-refractivity contribution in [1.82, 2.24) is 5.32 Å². The van der Waals surface area contributed by atoms with Gasteiger partial charge in [0.2, 0.25) is 0 Å². The molecule has 0 bridgehead atoms. The van der Waals surface area contributed by atoms with Gasteiger partial charge in [-0.15, -0.1) is 0 Å². The molecule has 3 rings (SSSR count). The number of nitrogens with zero attached hydrogens (tertiary/aromatic N) is 1. The molecule has 2 aliphatic rings. The zero-order valence-electron chi connectivity index (χ0n) is 8.83. The summed E-state index contributed by atoms with van der Waals surface area (Å²) in [5.74, 6) is 0.457. The van der Waals surface area contributed by atoms with E-state index in [1.807, 2.05) is 6.07 Å². The summed E-state index contributed by atoms with van der Waals surface area (Å²) in [4.78, 5) is 2.22. The van der Waals surface area contributed by atoms with Crippen molar-refractivity contribution < 1.29 is 4.39 Å². The first-order chi connectivity index (χ1) is 7.27. The van der Waals surface area contributed by atoms with Gasteiger partial charge in [-0.05, 0) is 30.7 Å². The number of halogens is 1. The van der Waals surface area contributed by atoms with Crippen LogP contribution in [0.4, 0.5) is 10.1 Å². The summed E-state index contributed by atoms with van der Waals surface area (Å²) in [5.41, 5.74) is 2.40. The number of rotatable bonds is 0. The molecule has 80 valence electrons. The SMILES string of the molecule is CN1c2cc(F)ccc2C2CCNCC21. The molecule has 2 unspecified atom stereocenters. The molecule has 0 radical (unpaired) electrons. The number of fused-ring (bicyclic) bond motifs is 3. The van der Waals surface area contributed by atoms with Gasteiger partial charge in [0.15, 0.2) is 0 Å². The van der Waals surface area contributed by atoms with Crippen LogP contribution < -0.4 is 10.2 Å². The Balaban J connectivity index is 2.07. The van der Waals surface area contributed by atoms with E-state index in [1.165, 1.54) is 5.56 Å². The fraction of sp³-hybridized carbons (Fsp3) is 0.500. The smallest absolute Gasteiger partial charge is 0.125 e. The van der Waals surface area contributed by atoms with Gasteiger partial charge in [0.25, 0.3) is 0 Å². The van der Waals surface area contributed by atoms with Crippen molar-refractivity contribution in [3.05, 3.63) is 29.6 Å². The van der Waals surface area contributed by atoms with Crippen molar-refractivity contribution in [2.24, 2.45) is 0 Å². The number of benzene rings is 1. The van der Waals surface area contributed by atoms with E-state index < -0.39 is 0 Å². The highest BCUT2D eigenvalue weighted by Gasteiger charge is 2.37. The molecule has 3 heteroatoms. The molecule has 0 spiro atoms. The van der Waals surface area contributed by atoms with Gasteiger partial charge in [0.1, 0.15) is 5.82 Å². The van der Waals surface area contributed by atoms with Crippen molar-refractivity contribution in [2.75, 3.05) is 25.0 Å². The molecule has 1 saturated heterocycles. The summed E-state index contributed by atoms with van der Waals surface area (Å²) in [6, 6.07) is 5.71. The quantitative estimate of drug-likeness (QED) is 0.695. The molecule has 0 aliphatic carbocycles. The highest BCUT2D eigenvalue weighted by Crippen LogP contribution is 2.42. The zero-order chi connectivity index (χ0) is 10.4. The fourth-order valence-corrected chi connectivity index (χ4v) is 2.93. The Bertz CT molecular complexity index is 391. The summed E-state index contributed by atoms with van der Waals surface area (Å²) in [6.07, 6.45) is 1.16. The van der Waals surface area contributed by atoms with Crippen molar-refractivity contribution in [3.63, 3.8) is 0 Å². The lowest BCUT2D eigenvalue weighted by Gasteiger charge is -2.31. The van der Waals surface area contributed by atoms with Crippen LogP contribution in [0.1, 0.15) is 17.9 Å². The maximum atomic E-state index is 13.2. The summed E-state index contributed by atoms with van der Waals surface area (Å²) in [6.45, 7) is 2.09. The number of nitrogens with one attached hydrogen (secondary N) is 1. The Kier molecular flexibility index (Phi) is 1.96. The predicted octanol–water partition coefficient (Wildman–Crippen LogP) is 1.72. The van der Waals surface area contributed by atoms with Gasteiger partial charge >= 0.3 is 0 Å². The molecule has 2 atom stereocenters. The third kappa shape index (κ3) is 1.26. The first-order valence-electron chi connectivity index (χ1n) is 5.50. The van der Waals surface area contributed by atoms with Crippen LogP contribution in [0, 0.1) is 5.82 Å². The fourth-order valence-electron chi connectivity index (χ4n) is 2.93. The van der Waals surface area contributed by atoms with E-state index in [1.54, 1.807) is 12.1 Å². The molecule has 2 heterocycles. The minimum Gasteiger partial charge on any atom is -0.369 e. The third-order valence-electron chi connectivity index (χ3n) is 3.72. The number of anilines is 1. The minimum absolute atomic E-state index is 0.132. The predicted molar refractivity (Wildman–Crippen MR) is 58.8 cm³/mol. The van der Waals surface area contributed by atoms with Crippen LogP contribution in [0.5, 0.6) is 0 Å². The molecule has 0 saturated carbocycles. The monoisotopic (exact) mass is 206 g/mol. The van der Waals surface area contributed by atoms with Crippen LogP contribution in [0.3, 0.4) is 0 Å². The van der Waals surface area contributed by atoms with Gasteiger partial charge in [0, 0.05) is 31.2 Å². The highest BCUT2D eigenvalue weighted by atomic mass is 19.1. The number of hydrogen-bond acceptors (Lipinski definition) is 2. The van der Waals surface area contributed by atoms with Gasteiger partial charge in [0.05, 0.1) is 0 Å². The second-order valence-corrected chi connectivity index (χ2v) is 4.48. The van der Waals surface area contributed by atoms with Crippen molar-refractivity contribution in [1.29, 1.82) is 0 Å². The molecule has 2 nitrogen and oxygen atoms in total. The molecule has 2 aliphatic heterocycles. The zero-order valence-corrected chi connectivity index (χ0v) is 8.83. The van der Waals surface area contributed by atoms with Gasteiger partial charge < -0.3 is 10.2 Å². The average molecular weight is 206 g/mol. The van der Waals surface area contributed by atoms with Gasteiger partial charge in [-0.3, -0.25) is 0 Å². The number of likely N-dealkylation sites (N-methyl/N-ethyl adjacent to an activating group) is 1. The summed E-state index contributed by atoms with van der Waals surface area (Å²) >= 11 is 0. The third-order valence-corrected chi connectivity index (χ3v) is 3.72. The van der Waals surface area contributed by atoms with E-state index in [0.717, 1.165) is 25.2 Å². The van der Waals surface area contributed by atoms with Crippen molar-refractivity contribution in [3.8, 4) is 0 Å². The molecule has 1 aromatic rings. The van der Waals surface area contributed by atoms with E-state index in [0.29, 0.717) is 12.0 Å². The molecule has 1 N–H and O–H groups in total. The Labute approximate surface area is 89.1 Å². The lowest BCUT2D eigenvalue weighted by molar-refractivity contribution is 0.413. The number of piperidine rings is 1. The van der Waals surface area contributed by atoms with Gasteiger partial charge in [-0.1, -0.05) is 6.07 Å². The Morgan fingerprint density at radius 3 is 3.20 bits per heavy atom. The average Bonchev–Trinajstić information content (AvgIpc) is 2.54. The summed E-state index contributed by atoms with van der Waals surface area (Å²) in [7, 11) is 2.07. The molecule has 0 amide bonds. The highest BCUT2D eigenvalue weighted by molar-refractivity contribution is 5.61.